The highest BCUT2D eigenvalue weighted by molar-refractivity contribution is 5.89. The number of hydrogen-bond donors (Lipinski definition) is 0. The molecule has 0 radical (unpaired) electrons. The molecule has 0 aromatic carbocycles. The summed E-state index contributed by atoms with van der Waals surface area (Å²) in [6.45, 7) is 2.47. The largest absolute Gasteiger partial charge is 0.345 e. The van der Waals surface area contributed by atoms with Gasteiger partial charge in [0.05, 0.1) is 5.92 Å². The number of likely N-dealkylation sites (tertiary alicyclic amines) is 2. The predicted molar refractivity (Wildman–Crippen MR) is 72.5 cm³/mol. The van der Waals surface area contributed by atoms with Crippen LogP contribution in [0.1, 0.15) is 44.9 Å². The molecule has 19 heavy (non-hydrogen) atoms. The minimum absolute atomic E-state index is 0.0868. The topological polar surface area (TPSA) is 40.6 Å². The van der Waals surface area contributed by atoms with E-state index < -0.39 is 0 Å². The lowest BCUT2D eigenvalue weighted by Gasteiger charge is -2.33. The molecule has 4 heteroatoms. The van der Waals surface area contributed by atoms with E-state index in [1.165, 1.54) is 38.5 Å². The van der Waals surface area contributed by atoms with Gasteiger partial charge >= 0.3 is 0 Å². The van der Waals surface area contributed by atoms with Crippen LogP contribution in [0, 0.1) is 11.3 Å². The second-order valence-corrected chi connectivity index (χ2v) is 6.75. The summed E-state index contributed by atoms with van der Waals surface area (Å²) in [5.41, 5.74) is 0.419. The smallest absolute Gasteiger partial charge is 0.228 e. The van der Waals surface area contributed by atoms with E-state index in [0.29, 0.717) is 18.4 Å². The summed E-state index contributed by atoms with van der Waals surface area (Å²) in [4.78, 5) is 27.8. The van der Waals surface area contributed by atoms with Gasteiger partial charge in [-0.3, -0.25) is 9.59 Å². The van der Waals surface area contributed by atoms with E-state index in [0.717, 1.165) is 13.1 Å². The first-order valence-corrected chi connectivity index (χ1v) is 7.62. The van der Waals surface area contributed by atoms with Crippen molar-refractivity contribution in [2.45, 2.75) is 44.9 Å². The second kappa shape index (κ2) is 4.80. The normalized spacial score (nSPS) is 30.4. The molecule has 0 bridgehead atoms. The standard InChI is InChI=1S/C15H24N2O2/c1-16-10-12(9-13(16)18)14(19)17-8-7-15(11-17)5-3-2-4-6-15/h12H,2-11H2,1H3. The molecule has 106 valence electrons. The summed E-state index contributed by atoms with van der Waals surface area (Å²) in [6, 6.07) is 0. The van der Waals surface area contributed by atoms with Gasteiger partial charge in [-0.2, -0.15) is 0 Å². The maximum atomic E-state index is 12.5. The summed E-state index contributed by atoms with van der Waals surface area (Å²) >= 11 is 0. The first-order valence-electron chi connectivity index (χ1n) is 7.62. The molecule has 1 atom stereocenters. The van der Waals surface area contributed by atoms with Crippen molar-refractivity contribution in [1.82, 2.24) is 9.80 Å². The number of amides is 2. The first-order chi connectivity index (χ1) is 9.10. The average Bonchev–Trinajstić information content (AvgIpc) is 2.95. The van der Waals surface area contributed by atoms with Crippen molar-refractivity contribution in [3.63, 3.8) is 0 Å². The molecule has 3 aliphatic rings. The third kappa shape index (κ3) is 2.37. The van der Waals surface area contributed by atoms with Gasteiger partial charge in [-0.25, -0.2) is 0 Å². The quantitative estimate of drug-likeness (QED) is 0.722. The number of carbonyl (C=O) groups excluding carboxylic acids is 2. The van der Waals surface area contributed by atoms with Gasteiger partial charge in [-0.05, 0) is 24.7 Å². The van der Waals surface area contributed by atoms with Gasteiger partial charge in [0, 0.05) is 33.1 Å². The molecule has 2 amide bonds. The maximum absolute atomic E-state index is 12.5. The molecule has 1 spiro atoms. The highest BCUT2D eigenvalue weighted by atomic mass is 16.2. The zero-order chi connectivity index (χ0) is 13.5. The Labute approximate surface area is 115 Å². The van der Waals surface area contributed by atoms with Crippen LogP contribution in [0.3, 0.4) is 0 Å². The van der Waals surface area contributed by atoms with Crippen LogP contribution in [-0.2, 0) is 9.59 Å². The van der Waals surface area contributed by atoms with Crippen molar-refractivity contribution in [1.29, 1.82) is 0 Å². The van der Waals surface area contributed by atoms with Crippen molar-refractivity contribution in [3.8, 4) is 0 Å². The van der Waals surface area contributed by atoms with E-state index in [2.05, 4.69) is 0 Å². The molecule has 0 N–H and O–H groups in total. The van der Waals surface area contributed by atoms with Gasteiger partial charge < -0.3 is 9.80 Å². The third-order valence-corrected chi connectivity index (χ3v) is 5.35. The summed E-state index contributed by atoms with van der Waals surface area (Å²) in [6.07, 6.45) is 8.19. The van der Waals surface area contributed by atoms with Gasteiger partial charge in [-0.15, -0.1) is 0 Å². The van der Waals surface area contributed by atoms with Crippen LogP contribution in [0.25, 0.3) is 0 Å². The molecular formula is C15H24N2O2. The van der Waals surface area contributed by atoms with Gasteiger partial charge in [-0.1, -0.05) is 19.3 Å². The molecular weight excluding hydrogens is 240 g/mol. The minimum atomic E-state index is -0.0868. The highest BCUT2D eigenvalue weighted by Gasteiger charge is 2.43. The summed E-state index contributed by atoms with van der Waals surface area (Å²) in [5, 5.41) is 0. The molecule has 3 rings (SSSR count). The average molecular weight is 264 g/mol. The van der Waals surface area contributed by atoms with Crippen molar-refractivity contribution >= 4 is 11.8 Å². The van der Waals surface area contributed by atoms with Crippen molar-refractivity contribution in [2.75, 3.05) is 26.7 Å². The Kier molecular flexibility index (Phi) is 3.27. The van der Waals surface area contributed by atoms with Crippen LogP contribution >= 0.6 is 0 Å². The van der Waals surface area contributed by atoms with Crippen LogP contribution in [0.15, 0.2) is 0 Å². The molecule has 0 aromatic heterocycles. The van der Waals surface area contributed by atoms with E-state index in [4.69, 9.17) is 0 Å². The molecule has 1 saturated carbocycles. The Hall–Kier alpha value is -1.06. The highest BCUT2D eigenvalue weighted by Crippen LogP contribution is 2.44. The van der Waals surface area contributed by atoms with Crippen LogP contribution in [0.2, 0.25) is 0 Å². The minimum Gasteiger partial charge on any atom is -0.345 e. The van der Waals surface area contributed by atoms with Crippen LogP contribution < -0.4 is 0 Å². The number of rotatable bonds is 1. The van der Waals surface area contributed by atoms with Gasteiger partial charge in [0.15, 0.2) is 0 Å². The third-order valence-electron chi connectivity index (χ3n) is 5.35. The lowest BCUT2D eigenvalue weighted by atomic mass is 9.73. The summed E-state index contributed by atoms with van der Waals surface area (Å²) < 4.78 is 0. The van der Waals surface area contributed by atoms with E-state index in [1.807, 2.05) is 4.90 Å². The van der Waals surface area contributed by atoms with Crippen LogP contribution in [0.4, 0.5) is 0 Å². The fraction of sp³-hybridized carbons (Fsp3) is 0.867. The molecule has 1 unspecified atom stereocenters. The predicted octanol–water partition coefficient (Wildman–Crippen LogP) is 1.65. The van der Waals surface area contributed by atoms with Crippen LogP contribution in [0.5, 0.6) is 0 Å². The number of carbonyl (C=O) groups is 2. The van der Waals surface area contributed by atoms with Gasteiger partial charge in [0.1, 0.15) is 0 Å². The van der Waals surface area contributed by atoms with Crippen LogP contribution in [-0.4, -0.2) is 48.3 Å². The SMILES string of the molecule is CN1CC(C(=O)N2CCC3(CCCCC3)C2)CC1=O. The summed E-state index contributed by atoms with van der Waals surface area (Å²) in [5.74, 6) is 0.251. The zero-order valence-electron chi connectivity index (χ0n) is 11.9. The number of hydrogen-bond acceptors (Lipinski definition) is 2. The maximum Gasteiger partial charge on any atom is 0.228 e. The fourth-order valence-corrected chi connectivity index (χ4v) is 4.12. The molecule has 3 fully saturated rings. The number of nitrogens with zero attached hydrogens (tertiary/aromatic N) is 2. The fourth-order valence-electron chi connectivity index (χ4n) is 4.12. The zero-order valence-corrected chi connectivity index (χ0v) is 11.9. The van der Waals surface area contributed by atoms with Gasteiger partial charge in [0.2, 0.25) is 11.8 Å². The van der Waals surface area contributed by atoms with Crippen molar-refractivity contribution in [2.24, 2.45) is 11.3 Å². The Balaban J connectivity index is 1.61. The Morgan fingerprint density at radius 2 is 1.95 bits per heavy atom. The van der Waals surface area contributed by atoms with Crippen molar-refractivity contribution in [3.05, 3.63) is 0 Å². The lowest BCUT2D eigenvalue weighted by molar-refractivity contribution is -0.135. The Morgan fingerprint density at radius 3 is 2.58 bits per heavy atom. The Bertz CT molecular complexity index is 388. The monoisotopic (exact) mass is 264 g/mol. The molecule has 2 aliphatic heterocycles. The molecule has 4 nitrogen and oxygen atoms in total. The van der Waals surface area contributed by atoms with Crippen molar-refractivity contribution < 1.29 is 9.59 Å². The molecule has 2 saturated heterocycles. The van der Waals surface area contributed by atoms with E-state index in [1.54, 1.807) is 11.9 Å². The lowest BCUT2D eigenvalue weighted by Crippen LogP contribution is -2.37. The molecule has 2 heterocycles. The van der Waals surface area contributed by atoms with E-state index in [9.17, 15) is 9.59 Å². The molecule has 1 aliphatic carbocycles. The summed E-state index contributed by atoms with van der Waals surface area (Å²) in [7, 11) is 1.79. The molecule has 0 aromatic rings. The van der Waals surface area contributed by atoms with Gasteiger partial charge in [0.25, 0.3) is 0 Å². The Morgan fingerprint density at radius 1 is 1.21 bits per heavy atom. The van der Waals surface area contributed by atoms with E-state index >= 15 is 0 Å². The van der Waals surface area contributed by atoms with E-state index in [-0.39, 0.29) is 17.7 Å². The first kappa shape index (κ1) is 12.9. The second-order valence-electron chi connectivity index (χ2n) is 6.75.